The molecule has 2 aromatic rings. The Morgan fingerprint density at radius 3 is 2.68 bits per heavy atom. The second kappa shape index (κ2) is 10.9. The Labute approximate surface area is 216 Å². The molecular formula is C26H35N7O4. The van der Waals surface area contributed by atoms with E-state index < -0.39 is 6.10 Å². The van der Waals surface area contributed by atoms with E-state index in [9.17, 15) is 19.8 Å². The van der Waals surface area contributed by atoms with E-state index in [0.29, 0.717) is 37.8 Å². The van der Waals surface area contributed by atoms with Gasteiger partial charge in [0.1, 0.15) is 17.3 Å². The van der Waals surface area contributed by atoms with Crippen LogP contribution < -0.4 is 20.9 Å². The fraction of sp³-hybridized carbons (Fsp3) is 0.538. The quantitative estimate of drug-likeness (QED) is 0.363. The van der Waals surface area contributed by atoms with Gasteiger partial charge in [0, 0.05) is 58.3 Å². The Morgan fingerprint density at radius 1 is 1.14 bits per heavy atom. The second-order valence-electron chi connectivity index (χ2n) is 10.2. The van der Waals surface area contributed by atoms with Crippen LogP contribution in [-0.2, 0) is 17.8 Å². The van der Waals surface area contributed by atoms with Crippen LogP contribution in [0.2, 0.25) is 0 Å². The molecule has 0 unspecified atom stereocenters. The maximum absolute atomic E-state index is 13.1. The summed E-state index contributed by atoms with van der Waals surface area (Å²) in [6.07, 6.45) is 3.10. The molecule has 11 nitrogen and oxygen atoms in total. The number of aromatic nitrogens is 2. The largest absolute Gasteiger partial charge is 0.508 e. The SMILES string of the molecule is CC(=O)N1CC(Nc2cc(C(=O)NC[C@@H](O)[C@@H]3Cc4ccc(O)cc4CN3)nc(N3CCCCC3)n2)C1. The van der Waals surface area contributed by atoms with E-state index in [-0.39, 0.29) is 41.9 Å². The minimum Gasteiger partial charge on any atom is -0.508 e. The standard InChI is InChI=1S/C26H35N7O4/c1-16(34)33-14-19(15-33)29-24-11-22(30-26(31-24)32-7-3-2-4-8-32)25(37)28-13-23(36)21-10-17-5-6-20(35)9-18(17)12-27-21/h5-6,9,11,19,21,23,27,35-36H,2-4,7-8,10,12-15H2,1H3,(H,28,37)(H,29,30,31)/t21-,23+/m0/s1. The first-order chi connectivity index (χ1) is 17.9. The third-order valence-corrected chi connectivity index (χ3v) is 7.39. The van der Waals surface area contributed by atoms with E-state index in [1.165, 1.54) is 6.42 Å². The van der Waals surface area contributed by atoms with Crippen molar-refractivity contribution in [2.24, 2.45) is 0 Å². The highest BCUT2D eigenvalue weighted by Crippen LogP contribution is 2.23. The molecule has 2 fully saturated rings. The van der Waals surface area contributed by atoms with Crippen LogP contribution in [0.15, 0.2) is 24.3 Å². The average molecular weight is 510 g/mol. The van der Waals surface area contributed by atoms with Gasteiger partial charge in [-0.25, -0.2) is 4.98 Å². The lowest BCUT2D eigenvalue weighted by Gasteiger charge is -2.39. The molecule has 3 aliphatic heterocycles. The molecule has 5 N–H and O–H groups in total. The summed E-state index contributed by atoms with van der Waals surface area (Å²) in [5.74, 6) is 0.975. The summed E-state index contributed by atoms with van der Waals surface area (Å²) in [6.45, 7) is 5.06. The maximum atomic E-state index is 13.1. The van der Waals surface area contributed by atoms with Crippen LogP contribution in [-0.4, -0.2) is 87.8 Å². The number of piperidine rings is 1. The van der Waals surface area contributed by atoms with Crippen molar-refractivity contribution in [3.63, 3.8) is 0 Å². The molecule has 0 aliphatic carbocycles. The highest BCUT2D eigenvalue weighted by atomic mass is 16.3. The van der Waals surface area contributed by atoms with Gasteiger partial charge in [-0.05, 0) is 48.9 Å². The van der Waals surface area contributed by atoms with Crippen molar-refractivity contribution in [2.75, 3.05) is 42.9 Å². The molecule has 2 amide bonds. The van der Waals surface area contributed by atoms with E-state index in [1.807, 2.05) is 6.07 Å². The first-order valence-corrected chi connectivity index (χ1v) is 13.0. The number of phenolic OH excluding ortho intramolecular Hbond substituents is 1. The Balaban J connectivity index is 1.24. The number of carbonyl (C=O) groups excluding carboxylic acids is 2. The summed E-state index contributed by atoms with van der Waals surface area (Å²) in [5, 5.41) is 29.9. The van der Waals surface area contributed by atoms with E-state index in [1.54, 1.807) is 30.0 Å². The molecule has 1 aromatic carbocycles. The molecule has 4 heterocycles. The van der Waals surface area contributed by atoms with Crippen LogP contribution >= 0.6 is 0 Å². The number of carbonyl (C=O) groups is 2. The van der Waals surface area contributed by atoms with Crippen LogP contribution in [0.1, 0.15) is 47.8 Å². The van der Waals surface area contributed by atoms with Crippen LogP contribution in [0.4, 0.5) is 11.8 Å². The molecule has 0 radical (unpaired) electrons. The van der Waals surface area contributed by atoms with Crippen LogP contribution in [0.5, 0.6) is 5.75 Å². The van der Waals surface area contributed by atoms with E-state index >= 15 is 0 Å². The first kappa shape index (κ1) is 25.2. The van der Waals surface area contributed by atoms with Gasteiger partial charge in [0.2, 0.25) is 11.9 Å². The molecule has 198 valence electrons. The lowest BCUT2D eigenvalue weighted by Crippen LogP contribution is -2.56. The van der Waals surface area contributed by atoms with Crippen LogP contribution in [0, 0.1) is 0 Å². The van der Waals surface area contributed by atoms with Crippen molar-refractivity contribution in [3.05, 3.63) is 41.1 Å². The number of aliphatic hydroxyl groups excluding tert-OH is 1. The number of phenols is 1. The number of benzene rings is 1. The average Bonchev–Trinajstić information content (AvgIpc) is 2.88. The number of aliphatic hydroxyl groups is 1. The molecule has 37 heavy (non-hydrogen) atoms. The third kappa shape index (κ3) is 5.94. The van der Waals surface area contributed by atoms with Crippen molar-refractivity contribution < 1.29 is 19.8 Å². The summed E-state index contributed by atoms with van der Waals surface area (Å²) in [5.41, 5.74) is 2.33. The predicted octanol–water partition coefficient (Wildman–Crippen LogP) is 0.620. The summed E-state index contributed by atoms with van der Waals surface area (Å²) >= 11 is 0. The minimum atomic E-state index is -0.792. The number of hydrogen-bond acceptors (Lipinski definition) is 9. The zero-order chi connectivity index (χ0) is 25.9. The monoisotopic (exact) mass is 509 g/mol. The van der Waals surface area contributed by atoms with Gasteiger partial charge in [0.05, 0.1) is 12.1 Å². The fourth-order valence-electron chi connectivity index (χ4n) is 5.12. The van der Waals surface area contributed by atoms with Crippen molar-refractivity contribution in [1.82, 2.24) is 25.5 Å². The molecule has 0 saturated carbocycles. The lowest BCUT2D eigenvalue weighted by molar-refractivity contribution is -0.132. The second-order valence-corrected chi connectivity index (χ2v) is 10.2. The molecule has 3 aliphatic rings. The zero-order valence-corrected chi connectivity index (χ0v) is 21.1. The van der Waals surface area contributed by atoms with Gasteiger partial charge in [0.25, 0.3) is 5.91 Å². The number of rotatable bonds is 7. The van der Waals surface area contributed by atoms with Gasteiger partial charge in [0.15, 0.2) is 0 Å². The van der Waals surface area contributed by atoms with Gasteiger partial charge in [-0.15, -0.1) is 0 Å². The molecule has 2 atom stereocenters. The van der Waals surface area contributed by atoms with Gasteiger partial charge in [-0.3, -0.25) is 9.59 Å². The normalized spacial score (nSPS) is 20.5. The smallest absolute Gasteiger partial charge is 0.270 e. The van der Waals surface area contributed by atoms with Gasteiger partial charge in [-0.1, -0.05) is 6.07 Å². The number of fused-ring (bicyclic) bond motifs is 1. The Bertz CT molecular complexity index is 1150. The Morgan fingerprint density at radius 2 is 1.92 bits per heavy atom. The number of nitrogens with one attached hydrogen (secondary N) is 3. The molecule has 11 heteroatoms. The molecular weight excluding hydrogens is 474 g/mol. The van der Waals surface area contributed by atoms with Crippen molar-refractivity contribution in [1.29, 1.82) is 0 Å². The topological polar surface area (TPSA) is 143 Å². The van der Waals surface area contributed by atoms with Gasteiger partial charge >= 0.3 is 0 Å². The number of amides is 2. The summed E-state index contributed by atoms with van der Waals surface area (Å²) in [4.78, 5) is 37.7. The third-order valence-electron chi connectivity index (χ3n) is 7.39. The molecule has 5 rings (SSSR count). The fourth-order valence-corrected chi connectivity index (χ4v) is 5.12. The predicted molar refractivity (Wildman–Crippen MR) is 139 cm³/mol. The first-order valence-electron chi connectivity index (χ1n) is 13.0. The van der Waals surface area contributed by atoms with Gasteiger partial charge in [-0.2, -0.15) is 4.98 Å². The van der Waals surface area contributed by atoms with Crippen LogP contribution in [0.3, 0.4) is 0 Å². The van der Waals surface area contributed by atoms with E-state index in [4.69, 9.17) is 0 Å². The molecule has 0 bridgehead atoms. The van der Waals surface area contributed by atoms with Gasteiger partial charge < -0.3 is 36.0 Å². The number of anilines is 2. The van der Waals surface area contributed by atoms with E-state index in [2.05, 4.69) is 30.8 Å². The lowest BCUT2D eigenvalue weighted by atomic mass is 9.92. The number of aromatic hydroxyl groups is 1. The molecule has 0 spiro atoms. The zero-order valence-electron chi connectivity index (χ0n) is 21.1. The van der Waals surface area contributed by atoms with E-state index in [0.717, 1.165) is 37.1 Å². The number of likely N-dealkylation sites (tertiary alicyclic amines) is 1. The number of hydrogen-bond donors (Lipinski definition) is 5. The summed E-state index contributed by atoms with van der Waals surface area (Å²) < 4.78 is 0. The molecule has 1 aromatic heterocycles. The van der Waals surface area contributed by atoms with Crippen molar-refractivity contribution >= 4 is 23.6 Å². The van der Waals surface area contributed by atoms with Crippen molar-refractivity contribution in [3.8, 4) is 5.75 Å². The van der Waals surface area contributed by atoms with Crippen molar-refractivity contribution in [2.45, 2.75) is 57.3 Å². The Kier molecular flexibility index (Phi) is 7.43. The number of nitrogens with zero attached hydrogens (tertiary/aromatic N) is 4. The highest BCUT2D eigenvalue weighted by molar-refractivity contribution is 5.93. The summed E-state index contributed by atoms with van der Waals surface area (Å²) in [7, 11) is 0. The van der Waals surface area contributed by atoms with Crippen LogP contribution in [0.25, 0.3) is 0 Å². The highest BCUT2D eigenvalue weighted by Gasteiger charge is 2.30. The maximum Gasteiger partial charge on any atom is 0.270 e. The minimum absolute atomic E-state index is 0.0439. The Hall–Kier alpha value is -3.44. The summed E-state index contributed by atoms with van der Waals surface area (Å²) in [6, 6.07) is 6.75. The molecule has 2 saturated heterocycles.